The van der Waals surface area contributed by atoms with Crippen molar-refractivity contribution in [1.82, 2.24) is 0 Å². The molecule has 0 bridgehead atoms. The van der Waals surface area contributed by atoms with Gasteiger partial charge in [0, 0.05) is 57.6 Å². The Balaban J connectivity index is 0.000000490. The van der Waals surface area contributed by atoms with Crippen LogP contribution in [-0.4, -0.2) is 69.9 Å². The molecule has 8 heavy (non-hydrogen) atoms. The number of aliphatic imine (C=N–C) groups is 1. The van der Waals surface area contributed by atoms with Crippen molar-refractivity contribution in [3.63, 3.8) is 0 Å². The maximum Gasteiger partial charge on any atom is 0.177 e. The zero-order valence-electron chi connectivity index (χ0n) is 4.79. The van der Waals surface area contributed by atoms with Crippen molar-refractivity contribution in [1.29, 1.82) is 0 Å². The van der Waals surface area contributed by atoms with Crippen molar-refractivity contribution in [2.75, 3.05) is 6.54 Å². The molecule has 0 aromatic carbocycles. The maximum atomic E-state index is 10.3. The van der Waals surface area contributed by atoms with E-state index in [1.54, 1.807) is 12.3 Å². The fraction of sp³-hybridized carbons (Fsp3) is 0.200. The van der Waals surface area contributed by atoms with Crippen molar-refractivity contribution < 1.29 is 4.79 Å². The summed E-state index contributed by atoms with van der Waals surface area (Å²) in [5.41, 5.74) is 0. The largest absolute Gasteiger partial charge is 0.293 e. The predicted octanol–water partition coefficient (Wildman–Crippen LogP) is -0.185. The number of carbonyl (C=O) groups is 1. The Bertz CT molecular complexity index is 139. The van der Waals surface area contributed by atoms with Gasteiger partial charge in [0.2, 0.25) is 0 Å². The van der Waals surface area contributed by atoms with Crippen LogP contribution in [0.25, 0.3) is 0 Å². The molecule has 3 heteroatoms. The Labute approximate surface area is 90.5 Å². The molecule has 0 spiro atoms. The summed E-state index contributed by atoms with van der Waals surface area (Å²) in [6, 6.07) is 0. The van der Waals surface area contributed by atoms with Crippen molar-refractivity contribution in [3.8, 4) is 0 Å². The van der Waals surface area contributed by atoms with Crippen LogP contribution in [0.4, 0.5) is 0 Å². The molecule has 0 aromatic heterocycles. The van der Waals surface area contributed by atoms with E-state index in [1.807, 2.05) is 0 Å². The minimum atomic E-state index is 0. The molecule has 0 saturated heterocycles. The van der Waals surface area contributed by atoms with Gasteiger partial charge in [-0.3, -0.25) is 9.79 Å². The Morgan fingerprint density at radius 2 is 2.38 bits per heavy atom. The molecule has 0 aliphatic carbocycles. The van der Waals surface area contributed by atoms with Crippen LogP contribution in [0.15, 0.2) is 17.1 Å². The number of allylic oxidation sites excluding steroid dienone is 1. The van der Waals surface area contributed by atoms with Gasteiger partial charge in [-0.25, -0.2) is 0 Å². The molecule has 0 saturated carbocycles. The molecule has 0 amide bonds. The van der Waals surface area contributed by atoms with Gasteiger partial charge >= 0.3 is 0 Å². The van der Waals surface area contributed by atoms with E-state index in [4.69, 9.17) is 0 Å². The van der Waals surface area contributed by atoms with E-state index < -0.39 is 0 Å². The fourth-order valence-corrected chi connectivity index (χ4v) is 0.407. The monoisotopic (exact) mass is 134 g/mol. The number of hydrogen-bond donors (Lipinski definition) is 0. The topological polar surface area (TPSA) is 29.4 Å². The number of ketones is 1. The average molecular weight is 134 g/mol. The smallest absolute Gasteiger partial charge is 0.177 e. The van der Waals surface area contributed by atoms with E-state index in [9.17, 15) is 4.79 Å². The third-order valence-corrected chi connectivity index (χ3v) is 0.721. The van der Waals surface area contributed by atoms with Crippen LogP contribution >= 0.6 is 0 Å². The Morgan fingerprint density at radius 3 is 2.62 bits per heavy atom. The summed E-state index contributed by atoms with van der Waals surface area (Å²) < 4.78 is 0. The summed E-state index contributed by atoms with van der Waals surface area (Å²) in [6.07, 6.45) is 4.79. The molecule has 0 fully saturated rings. The number of hydrogen-bond acceptors (Lipinski definition) is 2. The van der Waals surface area contributed by atoms with Crippen LogP contribution in [0.1, 0.15) is 0 Å². The zero-order valence-corrected chi connectivity index (χ0v) is 7.92. The Morgan fingerprint density at radius 1 is 1.62 bits per heavy atom. The van der Waals surface area contributed by atoms with Crippen LogP contribution in [0.5, 0.6) is 0 Å². The van der Waals surface area contributed by atoms with E-state index in [-0.39, 0.29) is 57.2 Å². The van der Waals surface area contributed by atoms with Crippen molar-refractivity contribution in [2.24, 2.45) is 4.99 Å². The first-order valence-electron chi connectivity index (χ1n) is 2.09. The van der Waals surface area contributed by atoms with Crippen LogP contribution in [0, 0.1) is 0 Å². The predicted molar refractivity (Wildman–Crippen MR) is 33.3 cm³/mol. The summed E-state index contributed by atoms with van der Waals surface area (Å²) in [6.45, 7) is 0.330. The molecule has 1 aliphatic rings. The molecule has 1 radical (unpaired) electrons. The van der Waals surface area contributed by atoms with Gasteiger partial charge in [0.05, 0.1) is 0 Å². The minimum Gasteiger partial charge on any atom is -0.293 e. The summed E-state index contributed by atoms with van der Waals surface area (Å²) in [4.78, 5) is 14.0. The summed E-state index contributed by atoms with van der Waals surface area (Å²) >= 11 is 0. The second-order valence-electron chi connectivity index (χ2n) is 1.32. The van der Waals surface area contributed by atoms with Crippen molar-refractivity contribution in [2.45, 2.75) is 0 Å². The van der Waals surface area contributed by atoms with Crippen LogP contribution < -0.4 is 0 Å². The first kappa shape index (κ1) is 8.72. The van der Waals surface area contributed by atoms with E-state index in [1.165, 1.54) is 6.08 Å². The van der Waals surface area contributed by atoms with Gasteiger partial charge in [-0.1, -0.05) is 0 Å². The molecule has 0 atom stereocenters. The van der Waals surface area contributed by atoms with Crippen molar-refractivity contribution >= 4 is 63.4 Å². The van der Waals surface area contributed by atoms with E-state index in [0.717, 1.165) is 0 Å². The maximum absolute atomic E-state index is 10.3. The van der Waals surface area contributed by atoms with E-state index in [2.05, 4.69) is 4.99 Å². The molecule has 0 N–H and O–H groups in total. The quantitative estimate of drug-likeness (QED) is 0.422. The standard InChI is InChI=1S/C5H5NO.K/c7-5-2-1-3-6-4-5;/h1-3H,4H2;. The second kappa shape index (κ2) is 4.58. The number of rotatable bonds is 0. The van der Waals surface area contributed by atoms with Crippen molar-refractivity contribution in [3.05, 3.63) is 12.2 Å². The van der Waals surface area contributed by atoms with E-state index >= 15 is 0 Å². The molecule has 0 unspecified atom stereocenters. The van der Waals surface area contributed by atoms with Crippen LogP contribution in [0.2, 0.25) is 0 Å². The molecule has 1 heterocycles. The van der Waals surface area contributed by atoms with Gasteiger partial charge in [0.1, 0.15) is 6.54 Å². The third-order valence-electron chi connectivity index (χ3n) is 0.721. The van der Waals surface area contributed by atoms with Gasteiger partial charge in [0.25, 0.3) is 0 Å². The molecule has 2 nitrogen and oxygen atoms in total. The minimum absolute atomic E-state index is 0. The third kappa shape index (κ3) is 2.89. The van der Waals surface area contributed by atoms with Gasteiger partial charge in [-0.15, -0.1) is 0 Å². The van der Waals surface area contributed by atoms with Gasteiger partial charge in [-0.05, 0) is 12.2 Å². The molecule has 37 valence electrons. The van der Waals surface area contributed by atoms with Gasteiger partial charge in [-0.2, -0.15) is 0 Å². The van der Waals surface area contributed by atoms with Gasteiger partial charge in [0.15, 0.2) is 5.78 Å². The number of carbonyl (C=O) groups excluding carboxylic acids is 1. The molecular weight excluding hydrogens is 129 g/mol. The first-order valence-corrected chi connectivity index (χ1v) is 2.09. The van der Waals surface area contributed by atoms with Crippen LogP contribution in [-0.2, 0) is 4.79 Å². The zero-order chi connectivity index (χ0) is 5.11. The first-order chi connectivity index (χ1) is 3.39. The van der Waals surface area contributed by atoms with Gasteiger partial charge < -0.3 is 0 Å². The summed E-state index contributed by atoms with van der Waals surface area (Å²) in [5.74, 6) is 0.0856. The fourth-order valence-electron chi connectivity index (χ4n) is 0.407. The molecule has 1 aliphatic heterocycles. The number of nitrogens with zero attached hydrogens (tertiary/aromatic N) is 1. The number of dihydropyridines is 1. The second-order valence-corrected chi connectivity index (χ2v) is 1.32. The molecule has 1 rings (SSSR count). The van der Waals surface area contributed by atoms with Crippen LogP contribution in [0.3, 0.4) is 0 Å². The summed E-state index contributed by atoms with van der Waals surface area (Å²) in [7, 11) is 0. The SMILES string of the molecule is O=C1C=CC=NC1.[K]. The average Bonchev–Trinajstić information content (AvgIpc) is 1.69. The normalized spacial score (nSPS) is 15.8. The molecular formula is C5H5KNO. The molecule has 0 aromatic rings. The Kier molecular flexibility index (Phi) is 4.99. The summed E-state index contributed by atoms with van der Waals surface area (Å²) in [5, 5.41) is 0. The Hall–Kier alpha value is 0.716. The van der Waals surface area contributed by atoms with E-state index in [0.29, 0.717) is 6.54 Å².